The number of hydrogen-bond acceptors (Lipinski definition) is 8. The van der Waals surface area contributed by atoms with E-state index >= 15 is 0 Å². The van der Waals surface area contributed by atoms with Crippen LogP contribution >= 0.6 is 0 Å². The first-order chi connectivity index (χ1) is 34.1. The molecule has 0 aliphatic carbocycles. The van der Waals surface area contributed by atoms with Gasteiger partial charge in [-0.3, -0.25) is 14.4 Å². The number of Topliss-reactive ketones (excluding diaryl/α,β-unsaturated/α-hetero) is 2. The predicted octanol–water partition coefficient (Wildman–Crippen LogP) is 17.6. The van der Waals surface area contributed by atoms with Crippen molar-refractivity contribution in [1.29, 1.82) is 0 Å². The van der Waals surface area contributed by atoms with E-state index in [9.17, 15) is 24.6 Å². The summed E-state index contributed by atoms with van der Waals surface area (Å²) in [6.07, 6.45) is 48.2. The summed E-state index contributed by atoms with van der Waals surface area (Å²) < 4.78 is 18.9. The molecule has 0 saturated carbocycles. The van der Waals surface area contributed by atoms with Gasteiger partial charge < -0.3 is 24.4 Å². The van der Waals surface area contributed by atoms with Gasteiger partial charge in [-0.25, -0.2) is 0 Å². The Kier molecular flexibility index (Phi) is 49.7. The molecule has 0 aromatic rings. The molecule has 0 radical (unpaired) electrons. The maximum atomic E-state index is 14.5. The molecule has 4 unspecified atom stereocenters. The number of unbranched alkanes of at least 4 members (excludes halogenated alkanes) is 35. The topological polar surface area (TPSA) is 119 Å². The fraction of sp³-hybridized carbons (Fsp3) is 0.919. The van der Waals surface area contributed by atoms with E-state index in [0.29, 0.717) is 19.3 Å². The van der Waals surface area contributed by atoms with E-state index in [1.165, 1.54) is 161 Å². The van der Waals surface area contributed by atoms with Crippen molar-refractivity contribution in [2.45, 2.75) is 342 Å². The Morgan fingerprint density at radius 1 is 0.400 bits per heavy atom. The van der Waals surface area contributed by atoms with Crippen LogP contribution in [0.1, 0.15) is 318 Å². The highest BCUT2D eigenvalue weighted by Crippen LogP contribution is 2.39. The third-order valence-electron chi connectivity index (χ3n) is 14.5. The summed E-state index contributed by atoms with van der Waals surface area (Å²) >= 11 is 0. The third kappa shape index (κ3) is 39.9. The van der Waals surface area contributed by atoms with Crippen molar-refractivity contribution in [2.24, 2.45) is 5.41 Å². The Balaban J connectivity index is 5.74. The van der Waals surface area contributed by atoms with Gasteiger partial charge in [-0.15, -0.1) is 0 Å². The Morgan fingerprint density at radius 3 is 0.957 bits per heavy atom. The highest BCUT2D eigenvalue weighted by Gasteiger charge is 2.52. The monoisotopic (exact) mass is 991 g/mol. The van der Waals surface area contributed by atoms with Crippen molar-refractivity contribution in [3.63, 3.8) is 0 Å². The highest BCUT2D eigenvalue weighted by molar-refractivity contribution is 5.88. The Hall–Kier alpha value is -1.61. The number of rotatable bonds is 56. The molecule has 70 heavy (non-hydrogen) atoms. The second-order valence-electron chi connectivity index (χ2n) is 21.6. The number of aliphatic hydroxyl groups excluding tert-OH is 2. The normalized spacial score (nSPS) is 14.5. The molecule has 0 bridgehead atoms. The van der Waals surface area contributed by atoms with Gasteiger partial charge in [-0.2, -0.15) is 0 Å². The van der Waals surface area contributed by atoms with Gasteiger partial charge in [0.05, 0.1) is 30.8 Å². The number of allylic oxidation sites excluding steroid dienone is 2. The molecule has 2 N–H and O–H groups in total. The van der Waals surface area contributed by atoms with Crippen LogP contribution in [0.4, 0.5) is 0 Å². The minimum absolute atomic E-state index is 0.101. The molecule has 0 heterocycles. The number of ketones is 2. The molecule has 0 aromatic heterocycles. The van der Waals surface area contributed by atoms with Crippen LogP contribution in [0.3, 0.4) is 0 Å². The van der Waals surface area contributed by atoms with Gasteiger partial charge in [-0.1, -0.05) is 245 Å². The summed E-state index contributed by atoms with van der Waals surface area (Å²) in [6.45, 7) is 11.5. The maximum Gasteiger partial charge on any atom is 0.305 e. The summed E-state index contributed by atoms with van der Waals surface area (Å²) in [5, 5.41) is 20.9. The Morgan fingerprint density at radius 2 is 0.671 bits per heavy atom. The van der Waals surface area contributed by atoms with Gasteiger partial charge in [0.2, 0.25) is 0 Å². The van der Waals surface area contributed by atoms with Crippen LogP contribution in [0, 0.1) is 5.41 Å². The van der Waals surface area contributed by atoms with Crippen LogP contribution in [-0.2, 0) is 28.6 Å². The second-order valence-corrected chi connectivity index (χ2v) is 21.6. The van der Waals surface area contributed by atoms with Crippen LogP contribution in [0.25, 0.3) is 0 Å². The fourth-order valence-corrected chi connectivity index (χ4v) is 9.92. The summed E-state index contributed by atoms with van der Waals surface area (Å²) in [4.78, 5) is 42.5. The largest absolute Gasteiger partial charge is 0.465 e. The van der Waals surface area contributed by atoms with E-state index in [1.807, 2.05) is 6.92 Å². The molecule has 414 valence electrons. The minimum Gasteiger partial charge on any atom is -0.465 e. The predicted molar refractivity (Wildman–Crippen MR) is 297 cm³/mol. The highest BCUT2D eigenvalue weighted by atomic mass is 16.5. The van der Waals surface area contributed by atoms with Gasteiger partial charge >= 0.3 is 5.97 Å². The van der Waals surface area contributed by atoms with Crippen molar-refractivity contribution in [3.8, 4) is 0 Å². The number of ether oxygens (including phenoxy) is 3. The van der Waals surface area contributed by atoms with Crippen molar-refractivity contribution in [1.82, 2.24) is 0 Å². The molecule has 4 atom stereocenters. The molecule has 8 nitrogen and oxygen atoms in total. The lowest BCUT2D eigenvalue weighted by Gasteiger charge is -2.43. The second kappa shape index (κ2) is 50.9. The van der Waals surface area contributed by atoms with Crippen LogP contribution in [-0.4, -0.2) is 72.0 Å². The molecule has 0 amide bonds. The molecular formula is C62H118O8. The van der Waals surface area contributed by atoms with E-state index in [-0.39, 0.29) is 63.0 Å². The summed E-state index contributed by atoms with van der Waals surface area (Å²) in [5.74, 6) is -0.663. The lowest BCUT2D eigenvalue weighted by molar-refractivity contribution is -0.188. The number of aliphatic hydroxyl groups is 2. The molecule has 0 fully saturated rings. The SMILES string of the molecule is CCCCCCCCC=CCCCCCCCC(=O)OCC(CC)(C(OCC(C)O)C(=O)CCCCCCCCCCCCCCC)C(OCC(C)O)C(=O)CCCCCCCCCCCCCCC. The van der Waals surface area contributed by atoms with E-state index in [4.69, 9.17) is 14.2 Å². The Labute approximate surface area is 434 Å². The van der Waals surface area contributed by atoms with Crippen LogP contribution in [0.2, 0.25) is 0 Å². The standard InChI is InChI=1S/C62H118O8/c1-7-11-14-17-20-23-26-29-30-33-36-39-42-45-48-51-59(67)70-54-62(10-4,60(68-52-55(5)63)57(65)49-46-43-40-37-34-31-27-24-21-18-15-12-8-2)61(69-53-56(6)64)58(66)50-47-44-41-38-35-32-28-25-22-19-16-13-9-3/h29-30,55-56,60-61,63-64H,7-28,31-54H2,1-6H3. The molecule has 0 aliphatic heterocycles. The van der Waals surface area contributed by atoms with E-state index in [1.54, 1.807) is 13.8 Å². The fourth-order valence-electron chi connectivity index (χ4n) is 9.92. The zero-order valence-corrected chi connectivity index (χ0v) is 47.3. The van der Waals surface area contributed by atoms with Crippen molar-refractivity contribution in [2.75, 3.05) is 19.8 Å². The van der Waals surface area contributed by atoms with E-state index in [0.717, 1.165) is 70.6 Å². The van der Waals surface area contributed by atoms with Crippen molar-refractivity contribution < 1.29 is 38.8 Å². The quantitative estimate of drug-likeness (QED) is 0.0351. The maximum absolute atomic E-state index is 14.5. The zero-order valence-electron chi connectivity index (χ0n) is 47.3. The molecule has 0 aliphatic rings. The lowest BCUT2D eigenvalue weighted by atomic mass is 9.70. The number of carbonyl (C=O) groups is 3. The molecule has 0 saturated heterocycles. The van der Waals surface area contributed by atoms with Crippen molar-refractivity contribution in [3.05, 3.63) is 12.2 Å². The van der Waals surface area contributed by atoms with Crippen LogP contribution < -0.4 is 0 Å². The summed E-state index contributed by atoms with van der Waals surface area (Å²) in [5.41, 5.74) is -1.33. The Bertz CT molecular complexity index is 1120. The average Bonchev–Trinajstić information content (AvgIpc) is 3.34. The summed E-state index contributed by atoms with van der Waals surface area (Å²) in [7, 11) is 0. The van der Waals surface area contributed by atoms with Crippen LogP contribution in [0.5, 0.6) is 0 Å². The van der Waals surface area contributed by atoms with Gasteiger partial charge in [-0.05, 0) is 65.2 Å². The molecule has 0 rings (SSSR count). The first kappa shape index (κ1) is 68.4. The third-order valence-corrected chi connectivity index (χ3v) is 14.5. The van der Waals surface area contributed by atoms with Gasteiger partial charge in [0.15, 0.2) is 11.6 Å². The first-order valence-corrected chi connectivity index (χ1v) is 30.5. The molecule has 0 aromatic carbocycles. The molecule has 0 spiro atoms. The summed E-state index contributed by atoms with van der Waals surface area (Å²) in [6, 6.07) is 0. The number of carbonyl (C=O) groups excluding carboxylic acids is 3. The van der Waals surface area contributed by atoms with Gasteiger partial charge in [0.1, 0.15) is 18.8 Å². The average molecular weight is 992 g/mol. The van der Waals surface area contributed by atoms with Crippen molar-refractivity contribution >= 4 is 17.5 Å². The first-order valence-electron chi connectivity index (χ1n) is 30.5. The molecule has 8 heteroatoms. The number of esters is 1. The van der Waals surface area contributed by atoms with Gasteiger partial charge in [0.25, 0.3) is 0 Å². The van der Waals surface area contributed by atoms with Crippen LogP contribution in [0.15, 0.2) is 12.2 Å². The number of hydrogen-bond donors (Lipinski definition) is 2. The van der Waals surface area contributed by atoms with E-state index < -0.39 is 29.8 Å². The minimum atomic E-state index is -1.33. The lowest BCUT2D eigenvalue weighted by Crippen LogP contribution is -2.57. The molecular weight excluding hydrogens is 873 g/mol. The smallest absolute Gasteiger partial charge is 0.305 e. The van der Waals surface area contributed by atoms with E-state index in [2.05, 4.69) is 32.9 Å². The van der Waals surface area contributed by atoms with Gasteiger partial charge in [0, 0.05) is 19.3 Å². The zero-order chi connectivity index (χ0) is 51.6.